The monoisotopic (exact) mass is 150 g/mol. The van der Waals surface area contributed by atoms with Crippen LogP contribution in [0.1, 0.15) is 57.8 Å². The molecule has 0 saturated heterocycles. The molecule has 0 nitrogen and oxygen atoms in total. The maximum Gasteiger partial charge on any atom is -0.0241 e. The summed E-state index contributed by atoms with van der Waals surface area (Å²) in [6, 6.07) is 0. The Morgan fingerprint density at radius 3 is 1.00 bits per heavy atom. The van der Waals surface area contributed by atoms with E-state index >= 15 is 0 Å². The van der Waals surface area contributed by atoms with E-state index < -0.39 is 0 Å². The Morgan fingerprint density at radius 1 is 0.455 bits per heavy atom. The first-order valence-electron chi connectivity index (χ1n) is 5.37. The van der Waals surface area contributed by atoms with Crippen LogP contribution >= 0.6 is 0 Å². The summed E-state index contributed by atoms with van der Waals surface area (Å²) in [5, 5.41) is 0. The highest BCUT2D eigenvalue weighted by atomic mass is 14.6. The molecular weight excluding hydrogens is 132 g/mol. The lowest BCUT2D eigenvalue weighted by Crippen LogP contribution is -2.25. The van der Waals surface area contributed by atoms with Crippen molar-refractivity contribution in [3.63, 3.8) is 0 Å². The molecule has 11 heavy (non-hydrogen) atoms. The van der Waals surface area contributed by atoms with Gasteiger partial charge in [-0.25, -0.2) is 0 Å². The van der Waals surface area contributed by atoms with Crippen LogP contribution in [0.5, 0.6) is 0 Å². The van der Waals surface area contributed by atoms with Gasteiger partial charge in [0.1, 0.15) is 0 Å². The molecule has 0 bridgehead atoms. The second-order valence-electron chi connectivity index (χ2n) is 5.12. The highest BCUT2D eigenvalue weighted by Gasteiger charge is 2.59. The van der Waals surface area contributed by atoms with Crippen LogP contribution in [0, 0.1) is 10.8 Å². The van der Waals surface area contributed by atoms with Gasteiger partial charge in [0, 0.05) is 0 Å². The van der Waals surface area contributed by atoms with E-state index in [-0.39, 0.29) is 0 Å². The van der Waals surface area contributed by atoms with Crippen LogP contribution in [0.2, 0.25) is 0 Å². The standard InChI is InChI=1S/C11H18/c1-4-10-6-2-7-11(10,5-1)9-3-8-10/h1-9H2. The molecule has 0 spiro atoms. The maximum absolute atomic E-state index is 1.59. The van der Waals surface area contributed by atoms with E-state index in [2.05, 4.69) is 0 Å². The van der Waals surface area contributed by atoms with E-state index in [1.807, 2.05) is 0 Å². The molecule has 0 heteroatoms. The van der Waals surface area contributed by atoms with Gasteiger partial charge in [-0.05, 0) is 49.4 Å². The van der Waals surface area contributed by atoms with Gasteiger partial charge in [0.15, 0.2) is 0 Å². The first-order valence-corrected chi connectivity index (χ1v) is 5.37. The van der Waals surface area contributed by atoms with Crippen LogP contribution in [-0.2, 0) is 0 Å². The summed E-state index contributed by atoms with van der Waals surface area (Å²) in [5.41, 5.74) is 1.79. The normalized spacial score (nSPS) is 54.5. The van der Waals surface area contributed by atoms with Crippen molar-refractivity contribution in [3.05, 3.63) is 0 Å². The molecule has 0 unspecified atom stereocenters. The van der Waals surface area contributed by atoms with Gasteiger partial charge < -0.3 is 0 Å². The van der Waals surface area contributed by atoms with Crippen molar-refractivity contribution >= 4 is 0 Å². The molecule has 0 amide bonds. The topological polar surface area (TPSA) is 0 Å². The molecule has 0 heterocycles. The zero-order chi connectivity index (χ0) is 7.36. The Balaban J connectivity index is 2.06. The van der Waals surface area contributed by atoms with E-state index in [0.717, 1.165) is 10.8 Å². The molecule has 0 atom stereocenters. The second kappa shape index (κ2) is 1.84. The second-order valence-corrected chi connectivity index (χ2v) is 5.12. The number of hydrogen-bond donors (Lipinski definition) is 0. The van der Waals surface area contributed by atoms with Gasteiger partial charge in [0.2, 0.25) is 0 Å². The van der Waals surface area contributed by atoms with E-state index in [1.165, 1.54) is 0 Å². The molecule has 3 rings (SSSR count). The summed E-state index contributed by atoms with van der Waals surface area (Å²) in [6.07, 6.45) is 14.2. The minimum absolute atomic E-state index is 0.896. The van der Waals surface area contributed by atoms with Gasteiger partial charge in [0.25, 0.3) is 0 Å². The lowest BCUT2D eigenvalue weighted by molar-refractivity contribution is 0.157. The molecular formula is C11H18. The Morgan fingerprint density at radius 2 is 0.727 bits per heavy atom. The Hall–Kier alpha value is 0. The molecule has 3 fully saturated rings. The van der Waals surface area contributed by atoms with Crippen molar-refractivity contribution in [3.8, 4) is 0 Å². The van der Waals surface area contributed by atoms with Crippen LogP contribution in [-0.4, -0.2) is 0 Å². The molecule has 62 valence electrons. The van der Waals surface area contributed by atoms with Crippen molar-refractivity contribution in [2.75, 3.05) is 0 Å². The fourth-order valence-corrected chi connectivity index (χ4v) is 4.64. The van der Waals surface area contributed by atoms with Gasteiger partial charge in [0.05, 0.1) is 0 Å². The average molecular weight is 150 g/mol. The third-order valence-corrected chi connectivity index (χ3v) is 5.06. The molecule has 3 aliphatic carbocycles. The Labute approximate surface area is 69.4 Å². The maximum atomic E-state index is 1.59. The van der Waals surface area contributed by atoms with Crippen LogP contribution in [0.15, 0.2) is 0 Å². The SMILES string of the molecule is C1CC23CCCC2(C1)CCC3. The molecule has 0 aromatic rings. The third kappa shape index (κ3) is 0.588. The van der Waals surface area contributed by atoms with E-state index in [1.54, 1.807) is 57.8 Å². The van der Waals surface area contributed by atoms with E-state index in [4.69, 9.17) is 0 Å². The Kier molecular flexibility index (Phi) is 1.09. The van der Waals surface area contributed by atoms with Gasteiger partial charge in [-0.1, -0.05) is 19.3 Å². The van der Waals surface area contributed by atoms with Gasteiger partial charge >= 0.3 is 0 Å². The predicted octanol–water partition coefficient (Wildman–Crippen LogP) is 3.51. The summed E-state index contributed by atoms with van der Waals surface area (Å²) < 4.78 is 0. The van der Waals surface area contributed by atoms with Crippen LogP contribution in [0.25, 0.3) is 0 Å². The zero-order valence-electron chi connectivity index (χ0n) is 7.36. The van der Waals surface area contributed by atoms with Crippen LogP contribution < -0.4 is 0 Å². The highest BCUT2D eigenvalue weighted by molar-refractivity contribution is 5.09. The molecule has 0 aromatic heterocycles. The smallest absolute Gasteiger partial charge is 0.0241 e. The summed E-state index contributed by atoms with van der Waals surface area (Å²) in [4.78, 5) is 0. The summed E-state index contributed by atoms with van der Waals surface area (Å²) >= 11 is 0. The first-order chi connectivity index (χ1) is 5.37. The third-order valence-electron chi connectivity index (χ3n) is 5.06. The Bertz CT molecular complexity index is 133. The quantitative estimate of drug-likeness (QED) is 0.495. The molecule has 0 radical (unpaired) electrons. The van der Waals surface area contributed by atoms with Gasteiger partial charge in [-0.3, -0.25) is 0 Å². The van der Waals surface area contributed by atoms with E-state index in [9.17, 15) is 0 Å². The zero-order valence-corrected chi connectivity index (χ0v) is 7.36. The average Bonchev–Trinajstić information content (AvgIpc) is 2.40. The molecule has 3 aliphatic rings. The molecule has 3 saturated carbocycles. The van der Waals surface area contributed by atoms with Crippen molar-refractivity contribution in [1.82, 2.24) is 0 Å². The number of rotatable bonds is 0. The van der Waals surface area contributed by atoms with Gasteiger partial charge in [-0.15, -0.1) is 0 Å². The molecule has 0 aromatic carbocycles. The highest BCUT2D eigenvalue weighted by Crippen LogP contribution is 2.70. The molecule has 0 N–H and O–H groups in total. The van der Waals surface area contributed by atoms with E-state index in [0.29, 0.717) is 0 Å². The van der Waals surface area contributed by atoms with Crippen molar-refractivity contribution in [1.29, 1.82) is 0 Å². The minimum Gasteiger partial charge on any atom is -0.0522 e. The lowest BCUT2D eigenvalue weighted by atomic mass is 9.71. The van der Waals surface area contributed by atoms with Crippen molar-refractivity contribution in [2.45, 2.75) is 57.8 Å². The van der Waals surface area contributed by atoms with Crippen molar-refractivity contribution < 1.29 is 0 Å². The minimum atomic E-state index is 0.896. The molecule has 0 aliphatic heterocycles. The van der Waals surface area contributed by atoms with Crippen LogP contribution in [0.4, 0.5) is 0 Å². The van der Waals surface area contributed by atoms with Gasteiger partial charge in [-0.2, -0.15) is 0 Å². The lowest BCUT2D eigenvalue weighted by Gasteiger charge is -2.33. The van der Waals surface area contributed by atoms with Crippen LogP contribution in [0.3, 0.4) is 0 Å². The fraction of sp³-hybridized carbons (Fsp3) is 1.00. The summed E-state index contributed by atoms with van der Waals surface area (Å²) in [6.45, 7) is 0. The largest absolute Gasteiger partial charge is 0.0522 e. The van der Waals surface area contributed by atoms with Crippen molar-refractivity contribution in [2.24, 2.45) is 10.8 Å². The first kappa shape index (κ1) is 6.51. The number of hydrogen-bond acceptors (Lipinski definition) is 0. The summed E-state index contributed by atoms with van der Waals surface area (Å²) in [7, 11) is 0. The summed E-state index contributed by atoms with van der Waals surface area (Å²) in [5.74, 6) is 0. The predicted molar refractivity (Wildman–Crippen MR) is 46.4 cm³/mol. The fourth-order valence-electron chi connectivity index (χ4n) is 4.64.